The van der Waals surface area contributed by atoms with Gasteiger partial charge < -0.3 is 9.84 Å². The Morgan fingerprint density at radius 2 is 1.55 bits per heavy atom. The molecule has 1 N–H and O–H groups in total. The number of aliphatic hydroxyl groups is 1. The number of nitrogens with zero attached hydrogens (tertiary/aromatic N) is 3. The number of amides is 2. The highest BCUT2D eigenvalue weighted by molar-refractivity contribution is 6.31. The third kappa shape index (κ3) is 3.20. The van der Waals surface area contributed by atoms with Crippen LogP contribution in [0.25, 0.3) is 4.85 Å². The molecular formula is C25H19Cl2N3O3. The van der Waals surface area contributed by atoms with Crippen molar-refractivity contribution in [2.45, 2.75) is 17.7 Å². The quantitative estimate of drug-likeness (QED) is 0.469. The highest BCUT2D eigenvalue weighted by Gasteiger charge is 2.69. The number of urea groups is 1. The molecule has 3 aromatic rings. The second kappa shape index (κ2) is 8.05. The van der Waals surface area contributed by atoms with Crippen LogP contribution in [0.3, 0.4) is 0 Å². The van der Waals surface area contributed by atoms with Gasteiger partial charge in [0.05, 0.1) is 13.2 Å². The summed E-state index contributed by atoms with van der Waals surface area (Å²) in [6.07, 6.45) is 0.393. The van der Waals surface area contributed by atoms with Crippen LogP contribution in [0.15, 0.2) is 72.8 Å². The van der Waals surface area contributed by atoms with Crippen LogP contribution in [0.1, 0.15) is 12.0 Å². The van der Waals surface area contributed by atoms with E-state index in [0.29, 0.717) is 45.7 Å². The van der Waals surface area contributed by atoms with Crippen molar-refractivity contribution in [2.24, 2.45) is 0 Å². The van der Waals surface area contributed by atoms with Crippen LogP contribution in [0.2, 0.25) is 10.0 Å². The molecular weight excluding hydrogens is 461 g/mol. The van der Waals surface area contributed by atoms with E-state index in [0.717, 1.165) is 0 Å². The van der Waals surface area contributed by atoms with Gasteiger partial charge in [-0.05, 0) is 60.2 Å². The Morgan fingerprint density at radius 1 is 0.939 bits per heavy atom. The fourth-order valence-electron chi connectivity index (χ4n) is 4.82. The third-order valence-electron chi connectivity index (χ3n) is 6.33. The lowest BCUT2D eigenvalue weighted by molar-refractivity contribution is -0.0211. The molecule has 33 heavy (non-hydrogen) atoms. The summed E-state index contributed by atoms with van der Waals surface area (Å²) in [4.78, 5) is 20.6. The number of ether oxygens (including phenoxy) is 1. The SMILES string of the molecule is [C-]#[N+]c1cccc(C2(O)N(c3ccc(Cl)cc3)C(=O)N(c3ccc(Cl)cc3)C23CCOC3)c1. The zero-order chi connectivity index (χ0) is 23.2. The second-order valence-electron chi connectivity index (χ2n) is 8.07. The number of halogens is 2. The van der Waals surface area contributed by atoms with E-state index in [4.69, 9.17) is 34.5 Å². The predicted octanol–water partition coefficient (Wildman–Crippen LogP) is 6.00. The maximum absolute atomic E-state index is 14.1. The summed E-state index contributed by atoms with van der Waals surface area (Å²) in [5, 5.41) is 13.6. The van der Waals surface area contributed by atoms with Gasteiger partial charge in [0.2, 0.25) is 0 Å². The third-order valence-corrected chi connectivity index (χ3v) is 6.84. The van der Waals surface area contributed by atoms with E-state index in [1.54, 1.807) is 77.7 Å². The summed E-state index contributed by atoms with van der Waals surface area (Å²) in [5.74, 6) is 0. The summed E-state index contributed by atoms with van der Waals surface area (Å²) in [7, 11) is 0. The van der Waals surface area contributed by atoms with E-state index in [9.17, 15) is 9.90 Å². The Balaban J connectivity index is 1.80. The first kappa shape index (κ1) is 21.7. The molecule has 6 nitrogen and oxygen atoms in total. The minimum absolute atomic E-state index is 0.115. The Labute approximate surface area is 201 Å². The van der Waals surface area contributed by atoms with Gasteiger partial charge in [-0.25, -0.2) is 9.64 Å². The van der Waals surface area contributed by atoms with Gasteiger partial charge in [0.25, 0.3) is 0 Å². The smallest absolute Gasteiger partial charge is 0.332 e. The molecule has 2 unspecified atom stereocenters. The molecule has 2 aliphatic heterocycles. The molecule has 2 fully saturated rings. The van der Waals surface area contributed by atoms with Gasteiger partial charge in [-0.2, -0.15) is 0 Å². The maximum Gasteiger partial charge on any atom is 0.332 e. The van der Waals surface area contributed by atoms with Gasteiger partial charge in [0.1, 0.15) is 5.54 Å². The monoisotopic (exact) mass is 479 g/mol. The number of hydrogen-bond acceptors (Lipinski definition) is 3. The largest absolute Gasteiger partial charge is 0.379 e. The van der Waals surface area contributed by atoms with Crippen LogP contribution < -0.4 is 9.80 Å². The topological polar surface area (TPSA) is 57.4 Å². The van der Waals surface area contributed by atoms with Crippen molar-refractivity contribution < 1.29 is 14.6 Å². The Morgan fingerprint density at radius 3 is 2.09 bits per heavy atom. The number of rotatable bonds is 3. The highest BCUT2D eigenvalue weighted by atomic mass is 35.5. The number of hydrogen-bond donors (Lipinski definition) is 1. The summed E-state index contributed by atoms with van der Waals surface area (Å²) in [6.45, 7) is 7.93. The Kier molecular flexibility index (Phi) is 5.31. The Hall–Kier alpha value is -3.08. The predicted molar refractivity (Wildman–Crippen MR) is 128 cm³/mol. The van der Waals surface area contributed by atoms with E-state index in [2.05, 4.69) is 4.85 Å². The van der Waals surface area contributed by atoms with Crippen LogP contribution in [0.5, 0.6) is 0 Å². The van der Waals surface area contributed by atoms with Gasteiger partial charge in [0, 0.05) is 34.4 Å². The molecule has 8 heteroatoms. The number of carbonyl (C=O) groups is 1. The number of benzene rings is 3. The standard InChI is InChI=1S/C25H19Cl2N3O3/c1-28-20-4-2-3-17(15-20)25(32)24(13-14-33-16-24)29(21-9-5-18(26)6-10-21)23(31)30(25)22-11-7-19(27)8-12-22/h2-12,15,32H,13-14,16H2. The lowest BCUT2D eigenvalue weighted by Gasteiger charge is -2.44. The molecule has 2 heterocycles. The zero-order valence-corrected chi connectivity index (χ0v) is 18.9. The zero-order valence-electron chi connectivity index (χ0n) is 17.4. The molecule has 0 saturated carbocycles. The van der Waals surface area contributed by atoms with Crippen molar-refractivity contribution >= 4 is 46.3 Å². The van der Waals surface area contributed by atoms with Crippen molar-refractivity contribution in [3.05, 3.63) is 99.8 Å². The molecule has 2 amide bonds. The molecule has 0 aliphatic carbocycles. The maximum atomic E-state index is 14.1. The number of carbonyl (C=O) groups excluding carboxylic acids is 1. The summed E-state index contributed by atoms with van der Waals surface area (Å²) >= 11 is 12.2. The molecule has 2 atom stereocenters. The highest BCUT2D eigenvalue weighted by Crippen LogP contribution is 2.54. The van der Waals surface area contributed by atoms with Crippen molar-refractivity contribution in [3.63, 3.8) is 0 Å². The van der Waals surface area contributed by atoms with Crippen LogP contribution in [-0.2, 0) is 10.5 Å². The van der Waals surface area contributed by atoms with Crippen LogP contribution in [0.4, 0.5) is 21.9 Å². The Bertz CT molecular complexity index is 1250. The van der Waals surface area contributed by atoms with Crippen molar-refractivity contribution in [1.82, 2.24) is 0 Å². The van der Waals surface area contributed by atoms with E-state index >= 15 is 0 Å². The molecule has 3 aromatic carbocycles. The summed E-state index contributed by atoms with van der Waals surface area (Å²) < 4.78 is 5.79. The lowest BCUT2D eigenvalue weighted by atomic mass is 9.79. The molecule has 0 radical (unpaired) electrons. The van der Waals surface area contributed by atoms with Gasteiger partial charge >= 0.3 is 6.03 Å². The van der Waals surface area contributed by atoms with Gasteiger partial charge in [-0.1, -0.05) is 41.4 Å². The van der Waals surface area contributed by atoms with E-state index < -0.39 is 17.3 Å². The molecule has 5 rings (SSSR count). The average molecular weight is 480 g/mol. The molecule has 2 saturated heterocycles. The van der Waals surface area contributed by atoms with Gasteiger partial charge in [-0.15, -0.1) is 0 Å². The normalized spacial score (nSPS) is 24.5. The van der Waals surface area contributed by atoms with Crippen molar-refractivity contribution in [3.8, 4) is 0 Å². The van der Waals surface area contributed by atoms with E-state index in [1.165, 1.54) is 4.90 Å². The fourth-order valence-corrected chi connectivity index (χ4v) is 5.07. The average Bonchev–Trinajstić information content (AvgIpc) is 3.39. The van der Waals surface area contributed by atoms with Crippen molar-refractivity contribution in [2.75, 3.05) is 23.0 Å². The first-order valence-corrected chi connectivity index (χ1v) is 11.1. The second-order valence-corrected chi connectivity index (χ2v) is 8.95. The molecule has 166 valence electrons. The summed E-state index contributed by atoms with van der Waals surface area (Å²) in [5.41, 5.74) is -1.11. The first-order chi connectivity index (χ1) is 15.9. The van der Waals surface area contributed by atoms with Gasteiger partial charge in [0.15, 0.2) is 11.4 Å². The fraction of sp³-hybridized carbons (Fsp3) is 0.200. The van der Waals surface area contributed by atoms with E-state index in [-0.39, 0.29) is 6.61 Å². The molecule has 0 aromatic heterocycles. The number of anilines is 2. The minimum atomic E-state index is -1.82. The van der Waals surface area contributed by atoms with Gasteiger partial charge in [-0.3, -0.25) is 9.80 Å². The van der Waals surface area contributed by atoms with Crippen LogP contribution in [0, 0.1) is 6.57 Å². The van der Waals surface area contributed by atoms with E-state index in [1.807, 2.05) is 0 Å². The van der Waals surface area contributed by atoms with Crippen LogP contribution in [-0.4, -0.2) is 29.9 Å². The summed E-state index contributed by atoms with van der Waals surface area (Å²) in [6, 6.07) is 19.9. The van der Waals surface area contributed by atoms with Crippen LogP contribution >= 0.6 is 23.2 Å². The van der Waals surface area contributed by atoms with Crippen molar-refractivity contribution in [1.29, 1.82) is 0 Å². The molecule has 2 aliphatic rings. The molecule has 0 bridgehead atoms. The first-order valence-electron chi connectivity index (χ1n) is 10.3. The minimum Gasteiger partial charge on any atom is -0.379 e. The lowest BCUT2D eigenvalue weighted by Crippen LogP contribution is -2.60. The molecule has 1 spiro atoms.